The number of fused-ring (bicyclic) bond motifs is 1. The van der Waals surface area contributed by atoms with Crippen LogP contribution in [0.2, 0.25) is 0 Å². The fourth-order valence-corrected chi connectivity index (χ4v) is 2.68. The van der Waals surface area contributed by atoms with Crippen LogP contribution in [0.25, 0.3) is 0 Å². The molecule has 0 fully saturated rings. The summed E-state index contributed by atoms with van der Waals surface area (Å²) in [5.74, 6) is 0.962. The second-order valence-electron chi connectivity index (χ2n) is 5.15. The van der Waals surface area contributed by atoms with Crippen LogP contribution in [0.5, 0.6) is 5.75 Å². The van der Waals surface area contributed by atoms with Crippen LogP contribution >= 0.6 is 0 Å². The normalized spacial score (nSPS) is 15.6. The molecule has 21 heavy (non-hydrogen) atoms. The van der Waals surface area contributed by atoms with E-state index in [2.05, 4.69) is 11.4 Å². The highest BCUT2D eigenvalue weighted by molar-refractivity contribution is 5.44. The van der Waals surface area contributed by atoms with Crippen molar-refractivity contribution in [2.75, 3.05) is 26.4 Å². The zero-order chi connectivity index (χ0) is 15.1. The van der Waals surface area contributed by atoms with Crippen molar-refractivity contribution in [1.29, 1.82) is 0 Å². The van der Waals surface area contributed by atoms with Gasteiger partial charge in [-0.05, 0) is 31.4 Å². The Balaban J connectivity index is 2.03. The van der Waals surface area contributed by atoms with E-state index in [1.54, 1.807) is 0 Å². The van der Waals surface area contributed by atoms with Crippen LogP contribution in [-0.4, -0.2) is 32.8 Å². The van der Waals surface area contributed by atoms with Gasteiger partial charge in [-0.25, -0.2) is 8.78 Å². The number of hydrogen-bond acceptors (Lipinski definition) is 3. The second-order valence-corrected chi connectivity index (χ2v) is 5.15. The van der Waals surface area contributed by atoms with Crippen molar-refractivity contribution >= 4 is 0 Å². The molecule has 118 valence electrons. The van der Waals surface area contributed by atoms with Gasteiger partial charge < -0.3 is 14.8 Å². The van der Waals surface area contributed by atoms with E-state index >= 15 is 0 Å². The lowest BCUT2D eigenvalue weighted by Gasteiger charge is -2.25. The lowest BCUT2D eigenvalue weighted by molar-refractivity contribution is 0.0143. The molecule has 0 aromatic heterocycles. The SMILES string of the molecule is CCNC(CCOCC(F)F)c1cccc2c1OCCC2. The standard InChI is InChI=1S/C16H23F2NO2/c1-2-19-14(8-10-20-11-15(17)18)13-7-3-5-12-6-4-9-21-16(12)13/h3,5,7,14-15,19H,2,4,6,8-11H2,1H3. The quantitative estimate of drug-likeness (QED) is 0.747. The Morgan fingerprint density at radius 2 is 2.24 bits per heavy atom. The fourth-order valence-electron chi connectivity index (χ4n) is 2.68. The minimum absolute atomic E-state index is 0.0701. The summed E-state index contributed by atoms with van der Waals surface area (Å²) in [4.78, 5) is 0. The van der Waals surface area contributed by atoms with E-state index in [-0.39, 0.29) is 6.04 Å². The summed E-state index contributed by atoms with van der Waals surface area (Å²) in [7, 11) is 0. The molecule has 3 nitrogen and oxygen atoms in total. The summed E-state index contributed by atoms with van der Waals surface area (Å²) < 4.78 is 35.0. The molecule has 1 aromatic rings. The van der Waals surface area contributed by atoms with Crippen LogP contribution < -0.4 is 10.1 Å². The number of benzene rings is 1. The molecule has 0 aliphatic carbocycles. The number of nitrogens with one attached hydrogen (secondary N) is 1. The number of aryl methyl sites for hydroxylation is 1. The number of ether oxygens (including phenoxy) is 2. The molecule has 1 N–H and O–H groups in total. The van der Waals surface area contributed by atoms with Crippen LogP contribution in [0.15, 0.2) is 18.2 Å². The van der Waals surface area contributed by atoms with E-state index in [0.29, 0.717) is 13.0 Å². The highest BCUT2D eigenvalue weighted by Gasteiger charge is 2.20. The molecule has 5 heteroatoms. The number of halogens is 2. The van der Waals surface area contributed by atoms with Gasteiger partial charge in [0.25, 0.3) is 6.43 Å². The minimum Gasteiger partial charge on any atom is -0.493 e. The van der Waals surface area contributed by atoms with Gasteiger partial charge in [0, 0.05) is 18.2 Å². The lowest BCUT2D eigenvalue weighted by atomic mass is 9.96. The fraction of sp³-hybridized carbons (Fsp3) is 0.625. The molecule has 1 aromatic carbocycles. The second kappa shape index (κ2) is 8.29. The Bertz CT molecular complexity index is 440. The largest absolute Gasteiger partial charge is 0.493 e. The summed E-state index contributed by atoms with van der Waals surface area (Å²) in [6, 6.07) is 6.24. The molecule has 0 bridgehead atoms. The van der Waals surface area contributed by atoms with E-state index in [0.717, 1.165) is 37.3 Å². The molecule has 0 saturated carbocycles. The van der Waals surface area contributed by atoms with Crippen molar-refractivity contribution < 1.29 is 18.3 Å². The van der Waals surface area contributed by atoms with Crippen molar-refractivity contribution in [2.45, 2.75) is 38.7 Å². The van der Waals surface area contributed by atoms with Crippen LogP contribution in [0, 0.1) is 0 Å². The first kappa shape index (κ1) is 16.2. The first-order valence-corrected chi connectivity index (χ1v) is 7.56. The molecule has 0 amide bonds. The molecular formula is C16H23F2NO2. The van der Waals surface area contributed by atoms with Crippen LogP contribution in [0.1, 0.15) is 36.9 Å². The van der Waals surface area contributed by atoms with Gasteiger partial charge in [-0.2, -0.15) is 0 Å². The third kappa shape index (κ3) is 4.64. The Labute approximate surface area is 124 Å². The highest BCUT2D eigenvalue weighted by atomic mass is 19.3. The highest BCUT2D eigenvalue weighted by Crippen LogP contribution is 2.34. The summed E-state index contributed by atoms with van der Waals surface area (Å²) in [5, 5.41) is 3.39. The summed E-state index contributed by atoms with van der Waals surface area (Å²) in [6.45, 7) is 3.39. The average molecular weight is 299 g/mol. The van der Waals surface area contributed by atoms with Crippen molar-refractivity contribution in [3.63, 3.8) is 0 Å². The lowest BCUT2D eigenvalue weighted by Crippen LogP contribution is -2.24. The van der Waals surface area contributed by atoms with E-state index in [1.165, 1.54) is 5.56 Å². The van der Waals surface area contributed by atoms with Gasteiger partial charge in [-0.15, -0.1) is 0 Å². The van der Waals surface area contributed by atoms with Crippen molar-refractivity contribution in [3.05, 3.63) is 29.3 Å². The monoisotopic (exact) mass is 299 g/mol. The predicted molar refractivity (Wildman–Crippen MR) is 78.1 cm³/mol. The van der Waals surface area contributed by atoms with Crippen molar-refractivity contribution in [3.8, 4) is 5.75 Å². The van der Waals surface area contributed by atoms with Crippen LogP contribution in [0.4, 0.5) is 8.78 Å². The van der Waals surface area contributed by atoms with Gasteiger partial charge in [-0.1, -0.05) is 25.1 Å². The van der Waals surface area contributed by atoms with Gasteiger partial charge in [-0.3, -0.25) is 0 Å². The van der Waals surface area contributed by atoms with E-state index in [1.807, 2.05) is 19.1 Å². The first-order chi connectivity index (χ1) is 10.2. The molecule has 1 aliphatic heterocycles. The Morgan fingerprint density at radius 3 is 3.00 bits per heavy atom. The number of alkyl halides is 2. The number of para-hydroxylation sites is 1. The van der Waals surface area contributed by atoms with Gasteiger partial charge in [0.05, 0.1) is 6.61 Å². The Kier molecular flexibility index (Phi) is 6.39. The maximum Gasteiger partial charge on any atom is 0.261 e. The molecule has 0 spiro atoms. The molecule has 1 aliphatic rings. The van der Waals surface area contributed by atoms with Crippen molar-refractivity contribution in [1.82, 2.24) is 5.32 Å². The maximum absolute atomic E-state index is 12.1. The predicted octanol–water partition coefficient (Wildman–Crippen LogP) is 3.33. The van der Waals surface area contributed by atoms with E-state index in [9.17, 15) is 8.78 Å². The maximum atomic E-state index is 12.1. The van der Waals surface area contributed by atoms with E-state index in [4.69, 9.17) is 9.47 Å². The smallest absolute Gasteiger partial charge is 0.261 e. The molecule has 1 unspecified atom stereocenters. The van der Waals surface area contributed by atoms with Gasteiger partial charge in [0.1, 0.15) is 12.4 Å². The topological polar surface area (TPSA) is 30.5 Å². The molecule has 1 heterocycles. The van der Waals surface area contributed by atoms with E-state index < -0.39 is 13.0 Å². The van der Waals surface area contributed by atoms with Crippen LogP contribution in [-0.2, 0) is 11.2 Å². The summed E-state index contributed by atoms with van der Waals surface area (Å²) in [5.41, 5.74) is 2.34. The summed E-state index contributed by atoms with van der Waals surface area (Å²) in [6.07, 6.45) is 0.319. The average Bonchev–Trinajstić information content (AvgIpc) is 2.49. The van der Waals surface area contributed by atoms with Gasteiger partial charge in [0.15, 0.2) is 0 Å². The number of hydrogen-bond donors (Lipinski definition) is 1. The zero-order valence-corrected chi connectivity index (χ0v) is 12.4. The molecule has 2 rings (SSSR count). The first-order valence-electron chi connectivity index (χ1n) is 7.56. The summed E-state index contributed by atoms with van der Waals surface area (Å²) >= 11 is 0. The third-order valence-corrected chi connectivity index (χ3v) is 3.58. The third-order valence-electron chi connectivity index (χ3n) is 3.58. The molecule has 0 saturated heterocycles. The Morgan fingerprint density at radius 1 is 1.38 bits per heavy atom. The van der Waals surface area contributed by atoms with Crippen molar-refractivity contribution in [2.24, 2.45) is 0 Å². The Hall–Kier alpha value is -1.20. The minimum atomic E-state index is -2.41. The molecular weight excluding hydrogens is 276 g/mol. The van der Waals surface area contributed by atoms with Gasteiger partial charge in [0.2, 0.25) is 0 Å². The van der Waals surface area contributed by atoms with Gasteiger partial charge >= 0.3 is 0 Å². The zero-order valence-electron chi connectivity index (χ0n) is 12.4. The molecule has 0 radical (unpaired) electrons. The van der Waals surface area contributed by atoms with Crippen LogP contribution in [0.3, 0.4) is 0 Å². The molecule has 1 atom stereocenters. The number of rotatable bonds is 8.